The van der Waals surface area contributed by atoms with E-state index in [2.05, 4.69) is 19.7 Å². The van der Waals surface area contributed by atoms with Gasteiger partial charge in [0.05, 0.1) is 5.54 Å². The molecule has 0 bridgehead atoms. The highest BCUT2D eigenvalue weighted by atomic mass is 32.3. The molecule has 2 amide bonds. The molecule has 0 unspecified atom stereocenters. The molecule has 31 heavy (non-hydrogen) atoms. The predicted molar refractivity (Wildman–Crippen MR) is 106 cm³/mol. The highest BCUT2D eigenvalue weighted by Crippen LogP contribution is 2.32. The number of aliphatic carboxylic acids is 1. The summed E-state index contributed by atoms with van der Waals surface area (Å²) in [7, 11) is -4.96. The molecule has 0 aliphatic carbocycles. The summed E-state index contributed by atoms with van der Waals surface area (Å²) in [6.07, 6.45) is -1.36. The summed E-state index contributed by atoms with van der Waals surface area (Å²) in [5.41, 5.74) is 3.74. The molecule has 172 valence electrons. The quantitative estimate of drug-likeness (QED) is 0.152. The molecular formula is C15H21N5O9S2. The van der Waals surface area contributed by atoms with Crippen LogP contribution in [0.4, 0.5) is 5.13 Å². The van der Waals surface area contributed by atoms with Gasteiger partial charge in [-0.05, 0) is 13.8 Å². The van der Waals surface area contributed by atoms with Gasteiger partial charge < -0.3 is 21.0 Å². The first-order chi connectivity index (χ1) is 14.1. The van der Waals surface area contributed by atoms with Crippen LogP contribution in [0, 0.1) is 5.92 Å². The van der Waals surface area contributed by atoms with Gasteiger partial charge in [-0.1, -0.05) is 19.0 Å². The van der Waals surface area contributed by atoms with Gasteiger partial charge in [0.2, 0.25) is 6.10 Å². The molecular weight excluding hydrogens is 458 g/mol. The van der Waals surface area contributed by atoms with Gasteiger partial charge in [-0.25, -0.2) is 9.78 Å². The maximum absolute atomic E-state index is 12.8. The largest absolute Gasteiger partial charge is 0.478 e. The summed E-state index contributed by atoms with van der Waals surface area (Å²) in [4.78, 5) is 45.3. The first-order valence-corrected chi connectivity index (χ1v) is 10.9. The Kier molecular flexibility index (Phi) is 6.89. The summed E-state index contributed by atoms with van der Waals surface area (Å²) < 4.78 is 34.8. The fourth-order valence-electron chi connectivity index (χ4n) is 2.58. The van der Waals surface area contributed by atoms with E-state index in [0.29, 0.717) is 5.06 Å². The van der Waals surface area contributed by atoms with E-state index in [0.717, 1.165) is 11.3 Å². The number of nitrogens with zero attached hydrogens (tertiary/aromatic N) is 3. The van der Waals surface area contributed by atoms with Crippen LogP contribution in [0.1, 0.15) is 33.4 Å². The van der Waals surface area contributed by atoms with Gasteiger partial charge in [-0.3, -0.25) is 14.1 Å². The molecule has 0 spiro atoms. The summed E-state index contributed by atoms with van der Waals surface area (Å²) >= 11 is 0.987. The average molecular weight is 479 g/mol. The first kappa shape index (κ1) is 24.4. The van der Waals surface area contributed by atoms with Crippen LogP contribution in [0.15, 0.2) is 10.5 Å². The van der Waals surface area contributed by atoms with Crippen LogP contribution in [-0.4, -0.2) is 69.3 Å². The molecule has 16 heteroatoms. The van der Waals surface area contributed by atoms with Crippen LogP contribution < -0.4 is 11.1 Å². The standard InChI is InChI=1S/C15H21N5O9S2/c1-6(2)9(13(23)24)28-19-8(7-5-30-14(16)17-7)11(21)18-10-12(22)20(15(10,3)4)29-31(25,26)27/h5-6,9-10H,1-4H3,(H2,16,17)(H,18,21)(H,23,24)(H,25,26,27)/b19-8-/t9-,10-/m1/s1. The van der Waals surface area contributed by atoms with E-state index >= 15 is 0 Å². The Balaban J connectivity index is 2.27. The lowest BCUT2D eigenvalue weighted by atomic mass is 9.84. The predicted octanol–water partition coefficient (Wildman–Crippen LogP) is -0.605. The minimum atomic E-state index is -4.96. The molecule has 0 radical (unpaired) electrons. The number of thiazole rings is 1. The number of β-lactam (4-membered cyclic amide) rings is 1. The molecule has 2 atom stereocenters. The highest BCUT2D eigenvalue weighted by Gasteiger charge is 2.58. The van der Waals surface area contributed by atoms with Crippen LogP contribution in [-0.2, 0) is 33.9 Å². The van der Waals surface area contributed by atoms with Crippen LogP contribution >= 0.6 is 11.3 Å². The van der Waals surface area contributed by atoms with E-state index in [4.69, 9.17) is 15.1 Å². The number of amides is 2. The zero-order valence-corrected chi connectivity index (χ0v) is 18.4. The second-order valence-electron chi connectivity index (χ2n) is 7.31. The number of nitrogen functional groups attached to an aromatic ring is 1. The molecule has 1 aliphatic heterocycles. The van der Waals surface area contributed by atoms with Crippen LogP contribution in [0.3, 0.4) is 0 Å². The van der Waals surface area contributed by atoms with Crippen LogP contribution in [0.2, 0.25) is 0 Å². The third-order valence-electron chi connectivity index (χ3n) is 4.21. The number of aromatic nitrogens is 1. The summed E-state index contributed by atoms with van der Waals surface area (Å²) in [6.45, 7) is 5.90. The molecule has 14 nitrogen and oxygen atoms in total. The molecule has 2 rings (SSSR count). The zero-order chi connectivity index (χ0) is 23.7. The average Bonchev–Trinajstić information content (AvgIpc) is 3.05. The van der Waals surface area contributed by atoms with Crippen molar-refractivity contribution in [3.05, 3.63) is 11.1 Å². The van der Waals surface area contributed by atoms with Crippen molar-refractivity contribution in [1.29, 1.82) is 0 Å². The Bertz CT molecular complexity index is 1020. The van der Waals surface area contributed by atoms with Crippen molar-refractivity contribution < 1.29 is 41.6 Å². The van der Waals surface area contributed by atoms with Gasteiger partial charge in [0.1, 0.15) is 11.7 Å². The third kappa shape index (κ3) is 5.46. The monoisotopic (exact) mass is 479 g/mol. The SMILES string of the molecule is CC(C)[C@@H](O/N=C(\C(=O)N[C@@H]1C(=O)N(OS(=O)(=O)O)C1(C)C)c1csc(N)n1)C(=O)O. The number of hydrogen-bond donors (Lipinski definition) is 4. The summed E-state index contributed by atoms with van der Waals surface area (Å²) in [5.74, 6) is -3.70. The lowest BCUT2D eigenvalue weighted by Crippen LogP contribution is -2.76. The van der Waals surface area contributed by atoms with Crippen molar-refractivity contribution >= 4 is 50.4 Å². The Morgan fingerprint density at radius 2 is 2.03 bits per heavy atom. The highest BCUT2D eigenvalue weighted by molar-refractivity contribution is 7.80. The number of anilines is 1. The molecule has 5 N–H and O–H groups in total. The lowest BCUT2D eigenvalue weighted by Gasteiger charge is -2.50. The van der Waals surface area contributed by atoms with E-state index in [1.165, 1.54) is 19.2 Å². The van der Waals surface area contributed by atoms with Crippen LogP contribution in [0.25, 0.3) is 0 Å². The maximum atomic E-state index is 12.8. The normalized spacial score (nSPS) is 19.7. The van der Waals surface area contributed by atoms with Crippen molar-refractivity contribution in [2.24, 2.45) is 11.1 Å². The Morgan fingerprint density at radius 3 is 2.45 bits per heavy atom. The molecule has 0 saturated carbocycles. The van der Waals surface area contributed by atoms with Gasteiger partial charge in [-0.2, -0.15) is 13.5 Å². The fraction of sp³-hybridized carbons (Fsp3) is 0.533. The molecule has 1 saturated heterocycles. The van der Waals surface area contributed by atoms with E-state index in [1.807, 2.05) is 0 Å². The number of rotatable bonds is 9. The molecule has 1 aromatic heterocycles. The van der Waals surface area contributed by atoms with Gasteiger partial charge in [0, 0.05) is 11.3 Å². The fourth-order valence-corrected chi connectivity index (χ4v) is 3.58. The summed E-state index contributed by atoms with van der Waals surface area (Å²) in [6, 6.07) is -1.26. The van der Waals surface area contributed by atoms with E-state index in [-0.39, 0.29) is 10.8 Å². The van der Waals surface area contributed by atoms with Gasteiger partial charge >= 0.3 is 16.4 Å². The Labute approximate surface area is 180 Å². The second kappa shape index (κ2) is 8.74. The van der Waals surface area contributed by atoms with Gasteiger partial charge in [0.25, 0.3) is 11.8 Å². The number of hydrogen-bond acceptors (Lipinski definition) is 11. The van der Waals surface area contributed by atoms with Gasteiger partial charge in [-0.15, -0.1) is 15.6 Å². The number of carboxylic acid groups (broad SMARTS) is 1. The van der Waals surface area contributed by atoms with E-state index in [9.17, 15) is 27.9 Å². The first-order valence-electron chi connectivity index (χ1n) is 8.65. The molecule has 1 aliphatic rings. The van der Waals surface area contributed by atoms with Crippen molar-refractivity contribution in [3.8, 4) is 0 Å². The van der Waals surface area contributed by atoms with Crippen molar-refractivity contribution in [3.63, 3.8) is 0 Å². The van der Waals surface area contributed by atoms with Crippen molar-refractivity contribution in [1.82, 2.24) is 15.4 Å². The number of nitrogens with one attached hydrogen (secondary N) is 1. The van der Waals surface area contributed by atoms with Crippen molar-refractivity contribution in [2.75, 3.05) is 5.73 Å². The number of carbonyl (C=O) groups excluding carboxylic acids is 2. The number of carboxylic acids is 1. The molecule has 2 heterocycles. The Hall–Kier alpha value is -2.82. The Morgan fingerprint density at radius 1 is 1.42 bits per heavy atom. The molecule has 0 aromatic carbocycles. The van der Waals surface area contributed by atoms with E-state index < -0.39 is 57.5 Å². The minimum Gasteiger partial charge on any atom is -0.478 e. The topological polar surface area (TPSA) is 211 Å². The second-order valence-corrected chi connectivity index (χ2v) is 9.21. The number of nitrogens with two attached hydrogens (primary N) is 1. The molecule has 1 aromatic rings. The maximum Gasteiger partial charge on any atom is 0.418 e. The van der Waals surface area contributed by atoms with Crippen LogP contribution in [0.5, 0.6) is 0 Å². The number of carbonyl (C=O) groups is 3. The van der Waals surface area contributed by atoms with Gasteiger partial charge in [0.15, 0.2) is 10.8 Å². The third-order valence-corrected chi connectivity index (χ3v) is 5.22. The summed E-state index contributed by atoms with van der Waals surface area (Å²) in [5, 5.41) is 17.1. The zero-order valence-electron chi connectivity index (χ0n) is 16.8. The number of oxime groups is 1. The lowest BCUT2D eigenvalue weighted by molar-refractivity contribution is -0.218. The molecule has 1 fully saturated rings. The smallest absolute Gasteiger partial charge is 0.418 e. The number of hydroxylamine groups is 2. The van der Waals surface area contributed by atoms with E-state index in [1.54, 1.807) is 13.8 Å². The van der Waals surface area contributed by atoms with Crippen molar-refractivity contribution in [2.45, 2.75) is 45.4 Å². The minimum absolute atomic E-state index is 0.0245.